The number of ether oxygens (including phenoxy) is 1. The van der Waals surface area contributed by atoms with Crippen LogP contribution in [0.15, 0.2) is 67.3 Å². The molecule has 2 aromatic carbocycles. The largest absolute Gasteiger partial charge is 0.485 e. The fraction of sp³-hybridized carbons (Fsp3) is 0.222. The van der Waals surface area contributed by atoms with E-state index in [1.54, 1.807) is 19.4 Å². The normalized spacial score (nSPS) is 12.5. The summed E-state index contributed by atoms with van der Waals surface area (Å²) in [6, 6.07) is 15.7. The minimum absolute atomic E-state index is 0.0350. The van der Waals surface area contributed by atoms with E-state index in [0.29, 0.717) is 12.2 Å². The molecule has 0 radical (unpaired) electrons. The summed E-state index contributed by atoms with van der Waals surface area (Å²) in [5, 5.41) is 10.3. The van der Waals surface area contributed by atoms with E-state index in [4.69, 9.17) is 4.74 Å². The predicted octanol–water partition coefficient (Wildman–Crippen LogP) is 5.21. The molecule has 4 rings (SSSR count). The first kappa shape index (κ1) is 22.1. The quantitative estimate of drug-likeness (QED) is 0.368. The van der Waals surface area contributed by atoms with Gasteiger partial charge >= 0.3 is 5.97 Å². The first-order valence-corrected chi connectivity index (χ1v) is 10.8. The summed E-state index contributed by atoms with van der Waals surface area (Å²) in [5.41, 5.74) is 5.04. The third-order valence-corrected chi connectivity index (χ3v) is 5.67. The van der Waals surface area contributed by atoms with Crippen molar-refractivity contribution in [3.63, 3.8) is 0 Å². The lowest BCUT2D eigenvalue weighted by molar-refractivity contribution is -0.137. The van der Waals surface area contributed by atoms with Gasteiger partial charge in [-0.15, -0.1) is 5.92 Å². The summed E-state index contributed by atoms with van der Waals surface area (Å²) in [6.45, 7) is 3.81. The topological polar surface area (TPSA) is 88.1 Å². The van der Waals surface area contributed by atoms with Gasteiger partial charge in [-0.25, -0.2) is 9.97 Å². The molecule has 0 amide bonds. The molecule has 0 spiro atoms. The number of aliphatic carboxylic acids is 1. The van der Waals surface area contributed by atoms with Gasteiger partial charge in [0, 0.05) is 30.0 Å². The molecule has 2 atom stereocenters. The highest BCUT2D eigenvalue weighted by Crippen LogP contribution is 2.32. The van der Waals surface area contributed by atoms with Crippen LogP contribution < -0.4 is 4.74 Å². The molecule has 0 aliphatic rings. The van der Waals surface area contributed by atoms with Gasteiger partial charge in [-0.2, -0.15) is 0 Å². The number of hydrogen-bond donors (Lipinski definition) is 2. The maximum absolute atomic E-state index is 11.2. The number of fused-ring (bicyclic) bond motifs is 1. The number of carbonyl (C=O) groups is 1. The molecule has 33 heavy (non-hydrogen) atoms. The van der Waals surface area contributed by atoms with Gasteiger partial charge < -0.3 is 14.8 Å². The van der Waals surface area contributed by atoms with Gasteiger partial charge in [0.1, 0.15) is 18.2 Å². The highest BCUT2D eigenvalue weighted by Gasteiger charge is 2.20. The summed E-state index contributed by atoms with van der Waals surface area (Å²) >= 11 is 0. The molecule has 6 nitrogen and oxygen atoms in total. The second kappa shape index (κ2) is 10.0. The van der Waals surface area contributed by atoms with Gasteiger partial charge in [0.2, 0.25) is 0 Å². The van der Waals surface area contributed by atoms with Crippen molar-refractivity contribution in [3.8, 4) is 17.6 Å². The van der Waals surface area contributed by atoms with E-state index in [9.17, 15) is 9.90 Å². The maximum atomic E-state index is 11.2. The molecule has 0 aliphatic carbocycles. The van der Waals surface area contributed by atoms with Crippen LogP contribution in [-0.4, -0.2) is 26.0 Å². The second-order valence-corrected chi connectivity index (χ2v) is 7.85. The maximum Gasteiger partial charge on any atom is 0.304 e. The number of hydrogen-bond acceptors (Lipinski definition) is 4. The number of nitrogens with one attached hydrogen (secondary N) is 1. The van der Waals surface area contributed by atoms with Crippen LogP contribution in [0.25, 0.3) is 10.9 Å². The number of carboxylic acids is 1. The Morgan fingerprint density at radius 2 is 1.97 bits per heavy atom. The van der Waals surface area contributed by atoms with E-state index < -0.39 is 5.97 Å². The summed E-state index contributed by atoms with van der Waals surface area (Å²) in [6.07, 6.45) is 5.50. The number of aromatic nitrogens is 3. The molecular weight excluding hydrogens is 414 g/mol. The Morgan fingerprint density at radius 1 is 1.15 bits per heavy atom. The number of H-pyrrole nitrogens is 1. The van der Waals surface area contributed by atoms with E-state index in [-0.39, 0.29) is 18.4 Å². The van der Waals surface area contributed by atoms with Crippen molar-refractivity contribution < 1.29 is 14.6 Å². The molecular formula is C27H25N3O3. The minimum Gasteiger partial charge on any atom is -0.485 e. The highest BCUT2D eigenvalue weighted by atomic mass is 16.5. The molecule has 2 aromatic heterocycles. The summed E-state index contributed by atoms with van der Waals surface area (Å²) in [4.78, 5) is 22.9. The Bertz CT molecular complexity index is 1300. The lowest BCUT2D eigenvalue weighted by atomic mass is 9.96. The molecule has 0 saturated heterocycles. The molecule has 4 aromatic rings. The Labute approximate surface area is 192 Å². The number of carboxylic acid groups (broad SMARTS) is 1. The van der Waals surface area contributed by atoms with Crippen LogP contribution in [0.5, 0.6) is 5.75 Å². The number of benzene rings is 2. The average Bonchev–Trinajstić information content (AvgIpc) is 3.30. The zero-order valence-electron chi connectivity index (χ0n) is 18.6. The van der Waals surface area contributed by atoms with Crippen molar-refractivity contribution in [1.29, 1.82) is 0 Å². The molecule has 0 aliphatic heterocycles. The van der Waals surface area contributed by atoms with E-state index in [1.165, 1.54) is 0 Å². The van der Waals surface area contributed by atoms with Gasteiger partial charge in [-0.05, 0) is 60.2 Å². The summed E-state index contributed by atoms with van der Waals surface area (Å²) in [7, 11) is 0. The van der Waals surface area contributed by atoms with Gasteiger partial charge in [0.15, 0.2) is 0 Å². The third kappa shape index (κ3) is 5.21. The van der Waals surface area contributed by atoms with Crippen molar-refractivity contribution in [2.75, 3.05) is 0 Å². The first-order valence-electron chi connectivity index (χ1n) is 10.8. The number of aryl methyl sites for hydroxylation is 1. The van der Waals surface area contributed by atoms with E-state index >= 15 is 0 Å². The van der Waals surface area contributed by atoms with Crippen molar-refractivity contribution in [3.05, 3.63) is 89.6 Å². The van der Waals surface area contributed by atoms with Crippen LogP contribution >= 0.6 is 0 Å². The molecule has 166 valence electrons. The molecule has 0 bridgehead atoms. The molecule has 6 heteroatoms. The molecule has 0 fully saturated rings. The van der Waals surface area contributed by atoms with Gasteiger partial charge in [-0.3, -0.25) is 4.79 Å². The highest BCUT2D eigenvalue weighted by molar-refractivity contribution is 5.83. The Morgan fingerprint density at radius 3 is 2.67 bits per heavy atom. The molecule has 0 saturated carbocycles. The van der Waals surface area contributed by atoms with Crippen LogP contribution in [0.4, 0.5) is 0 Å². The fourth-order valence-corrected chi connectivity index (χ4v) is 4.03. The van der Waals surface area contributed by atoms with Gasteiger partial charge in [0.05, 0.1) is 12.3 Å². The second-order valence-electron chi connectivity index (χ2n) is 7.85. The van der Waals surface area contributed by atoms with E-state index in [0.717, 1.165) is 33.3 Å². The standard InChI is InChI=1S/C27H25N3O3/c1-3-4-21(15-26(31)32)19-5-8-23(9-6-19)33-25(16-22-12-13-28-17-30-22)24-10-7-20-11-14-29-27(20)18(24)2/h5-14,17,21,25,29H,15-16H2,1-2H3,(H,31,32)/t21?,25-/m0/s1. The van der Waals surface area contributed by atoms with E-state index in [2.05, 4.69) is 51.9 Å². The van der Waals surface area contributed by atoms with Crippen molar-refractivity contribution in [2.24, 2.45) is 0 Å². The Kier molecular flexibility index (Phi) is 6.70. The average molecular weight is 440 g/mol. The lowest BCUT2D eigenvalue weighted by Gasteiger charge is -2.22. The Balaban J connectivity index is 1.64. The molecule has 2 heterocycles. The van der Waals surface area contributed by atoms with Crippen molar-refractivity contribution in [2.45, 2.75) is 38.7 Å². The number of nitrogens with zero attached hydrogens (tertiary/aromatic N) is 2. The van der Waals surface area contributed by atoms with E-state index in [1.807, 2.05) is 36.5 Å². The Hall–Kier alpha value is -4.11. The summed E-state index contributed by atoms with van der Waals surface area (Å²) in [5.74, 6) is 5.28. The first-order chi connectivity index (χ1) is 16.0. The summed E-state index contributed by atoms with van der Waals surface area (Å²) < 4.78 is 6.46. The fourth-order valence-electron chi connectivity index (χ4n) is 4.03. The predicted molar refractivity (Wildman–Crippen MR) is 127 cm³/mol. The SMILES string of the molecule is CC#CC(CC(=O)O)c1ccc(O[C@@H](Cc2ccncn2)c2ccc3cc[nH]c3c2C)cc1. The lowest BCUT2D eigenvalue weighted by Crippen LogP contribution is -2.13. The van der Waals surface area contributed by atoms with Crippen LogP contribution in [0.2, 0.25) is 0 Å². The monoisotopic (exact) mass is 439 g/mol. The van der Waals surface area contributed by atoms with Crippen LogP contribution in [-0.2, 0) is 11.2 Å². The number of aromatic amines is 1. The smallest absolute Gasteiger partial charge is 0.304 e. The molecule has 2 N–H and O–H groups in total. The van der Waals surface area contributed by atoms with Gasteiger partial charge in [-0.1, -0.05) is 30.2 Å². The van der Waals surface area contributed by atoms with Crippen LogP contribution in [0.1, 0.15) is 47.8 Å². The van der Waals surface area contributed by atoms with Crippen molar-refractivity contribution in [1.82, 2.24) is 15.0 Å². The zero-order chi connectivity index (χ0) is 23.2. The van der Waals surface area contributed by atoms with Crippen molar-refractivity contribution >= 4 is 16.9 Å². The molecule has 1 unspecified atom stereocenters. The minimum atomic E-state index is -0.872. The third-order valence-electron chi connectivity index (χ3n) is 5.67. The number of rotatable bonds is 8. The zero-order valence-corrected chi connectivity index (χ0v) is 18.6. The van der Waals surface area contributed by atoms with Crippen LogP contribution in [0, 0.1) is 18.8 Å². The van der Waals surface area contributed by atoms with Crippen LogP contribution in [0.3, 0.4) is 0 Å². The van der Waals surface area contributed by atoms with Gasteiger partial charge in [0.25, 0.3) is 0 Å².